The van der Waals surface area contributed by atoms with Crippen molar-refractivity contribution in [2.75, 3.05) is 3.30 Å². The Bertz CT molecular complexity index is 541. The molecule has 1 aromatic carbocycles. The van der Waals surface area contributed by atoms with E-state index >= 15 is 0 Å². The van der Waals surface area contributed by atoms with E-state index in [1.807, 2.05) is 0 Å². The second kappa shape index (κ2) is 10.1. The van der Waals surface area contributed by atoms with Crippen LogP contribution in [0, 0.1) is 0 Å². The standard InChI is InChI=1S/C9H12N.C6H7.C2H7Si.2ClH.Hf/c1-7(2)8-5-3-4-6-9(8)10;1-6-4-2-3-5-6;1-3-2;;;/h3-7,10H,1-2H3;4-5H,2H2,1H3;3H,1-2H3;2*1H;/q-1;;;;;+1. The van der Waals surface area contributed by atoms with Gasteiger partial charge < -0.3 is 0 Å². The summed E-state index contributed by atoms with van der Waals surface area (Å²) in [5.74, 6) is 0.00734. The van der Waals surface area contributed by atoms with E-state index < -0.39 is 26.9 Å². The van der Waals surface area contributed by atoms with E-state index in [9.17, 15) is 0 Å². The van der Waals surface area contributed by atoms with Crippen molar-refractivity contribution in [1.29, 1.82) is 0 Å². The van der Waals surface area contributed by atoms with Gasteiger partial charge in [0.1, 0.15) is 0 Å². The maximum atomic E-state index is 4.06. The molecule has 0 atom stereocenters. The number of hydrogen-bond donors (Lipinski definition) is 1. The molecular formula is C17H28Cl2HfNSi. The SMILES string of the molecule is CC1=CC[C]([Hf]([NH]c2ccccc2C(C)C)[SiH](C)C)=C1.Cl.Cl. The Hall–Kier alpha value is 0.167. The maximum Gasteiger partial charge on any atom is -0.147 e. The zero-order valence-corrected chi connectivity index (χ0v) is 20.5. The van der Waals surface area contributed by atoms with Gasteiger partial charge in [-0.2, -0.15) is 0 Å². The Balaban J connectivity index is 0.00000220. The van der Waals surface area contributed by atoms with Gasteiger partial charge in [-0.15, -0.1) is 24.8 Å². The number of para-hydroxylation sites is 1. The van der Waals surface area contributed by atoms with Gasteiger partial charge in [-0.25, -0.2) is 0 Å². The van der Waals surface area contributed by atoms with E-state index in [4.69, 9.17) is 0 Å². The molecule has 0 aromatic heterocycles. The molecule has 1 nitrogen and oxygen atoms in total. The second-order valence-electron chi connectivity index (χ2n) is 6.26. The molecule has 1 N–H and O–H groups in total. The average Bonchev–Trinajstić information content (AvgIpc) is 2.82. The second-order valence-corrected chi connectivity index (χ2v) is 31.9. The molecule has 2 rings (SSSR count). The Morgan fingerprint density at radius 1 is 1.14 bits per heavy atom. The van der Waals surface area contributed by atoms with Crippen LogP contribution in [0.15, 0.2) is 45.3 Å². The summed E-state index contributed by atoms with van der Waals surface area (Å²) in [6, 6.07) is 8.90. The zero-order chi connectivity index (χ0) is 14.7. The number of hydrogen-bond acceptors (Lipinski definition) is 1. The fraction of sp³-hybridized carbons (Fsp3) is 0.412. The molecule has 0 radical (unpaired) electrons. The van der Waals surface area contributed by atoms with Crippen molar-refractivity contribution in [3.05, 3.63) is 50.9 Å². The summed E-state index contributed by atoms with van der Waals surface area (Å²) in [6.45, 7) is 11.9. The summed E-state index contributed by atoms with van der Waals surface area (Å²) in [4.78, 5) is 0. The molecule has 5 heteroatoms. The number of nitrogens with one attached hydrogen (secondary N) is 1. The molecule has 1 aliphatic carbocycles. The third-order valence-electron chi connectivity index (χ3n) is 3.82. The van der Waals surface area contributed by atoms with Crippen LogP contribution in [0.2, 0.25) is 13.1 Å². The summed E-state index contributed by atoms with van der Waals surface area (Å²) in [5.41, 5.74) is 4.36. The third kappa shape index (κ3) is 5.66. The van der Waals surface area contributed by atoms with Crippen LogP contribution in [0.25, 0.3) is 0 Å². The van der Waals surface area contributed by atoms with Gasteiger partial charge in [-0.1, -0.05) is 0 Å². The van der Waals surface area contributed by atoms with Crippen LogP contribution < -0.4 is 3.30 Å². The molecular weight excluding hydrogens is 496 g/mol. The number of allylic oxidation sites excluding steroid dienone is 4. The quantitative estimate of drug-likeness (QED) is 0.480. The van der Waals surface area contributed by atoms with E-state index in [2.05, 4.69) is 73.6 Å². The van der Waals surface area contributed by atoms with Crippen LogP contribution in [-0.4, -0.2) is 5.98 Å². The molecule has 0 spiro atoms. The average molecular weight is 524 g/mol. The smallest absolute Gasteiger partial charge is 0.147 e. The fourth-order valence-corrected chi connectivity index (χ4v) is 22.7. The predicted octanol–water partition coefficient (Wildman–Crippen LogP) is 5.82. The molecule has 1 aromatic rings. The Morgan fingerprint density at radius 3 is 2.27 bits per heavy atom. The number of anilines is 1. The van der Waals surface area contributed by atoms with Gasteiger partial charge in [0.05, 0.1) is 0 Å². The first-order chi connectivity index (χ1) is 9.49. The minimum absolute atomic E-state index is 0. The summed E-state index contributed by atoms with van der Waals surface area (Å²) >= 11 is -1.83. The molecule has 0 bridgehead atoms. The van der Waals surface area contributed by atoms with Crippen LogP contribution in [0.4, 0.5) is 5.69 Å². The first kappa shape index (κ1) is 22.2. The van der Waals surface area contributed by atoms with Gasteiger partial charge in [0, 0.05) is 0 Å². The van der Waals surface area contributed by atoms with Crippen molar-refractivity contribution < 1.29 is 20.9 Å². The third-order valence-corrected chi connectivity index (χ3v) is 27.3. The molecule has 0 amide bonds. The van der Waals surface area contributed by atoms with Crippen molar-refractivity contribution in [2.24, 2.45) is 0 Å². The first-order valence-electron chi connectivity index (χ1n) is 7.59. The van der Waals surface area contributed by atoms with Crippen molar-refractivity contribution >= 4 is 36.5 Å². The topological polar surface area (TPSA) is 12.0 Å². The van der Waals surface area contributed by atoms with Crippen molar-refractivity contribution in [3.8, 4) is 0 Å². The summed E-state index contributed by atoms with van der Waals surface area (Å²) in [6.07, 6.45) is 6.09. The van der Waals surface area contributed by atoms with Crippen LogP contribution in [0.5, 0.6) is 0 Å². The van der Waals surface area contributed by atoms with Gasteiger partial charge in [-0.3, -0.25) is 0 Å². The molecule has 123 valence electrons. The molecule has 0 saturated carbocycles. The number of benzene rings is 1. The van der Waals surface area contributed by atoms with Crippen LogP contribution in [-0.2, 0) is 20.9 Å². The van der Waals surface area contributed by atoms with Crippen molar-refractivity contribution in [3.63, 3.8) is 0 Å². The van der Waals surface area contributed by atoms with Gasteiger partial charge in [0.15, 0.2) is 0 Å². The molecule has 1 aliphatic rings. The fourth-order valence-electron chi connectivity index (χ4n) is 2.71. The van der Waals surface area contributed by atoms with Crippen LogP contribution in [0.1, 0.15) is 38.7 Å². The molecule has 0 fully saturated rings. The van der Waals surface area contributed by atoms with E-state index in [0.717, 1.165) is 0 Å². The van der Waals surface area contributed by atoms with Gasteiger partial charge in [-0.05, 0) is 0 Å². The van der Waals surface area contributed by atoms with Crippen molar-refractivity contribution in [1.82, 2.24) is 0 Å². The molecule has 0 heterocycles. The van der Waals surface area contributed by atoms with Crippen molar-refractivity contribution in [2.45, 2.75) is 46.2 Å². The largest absolute Gasteiger partial charge is 0.147 e. The normalized spacial score (nSPS) is 13.2. The summed E-state index contributed by atoms with van der Waals surface area (Å²) in [7, 11) is 0. The molecule has 0 aliphatic heterocycles. The van der Waals surface area contributed by atoms with Crippen LogP contribution in [0.3, 0.4) is 0 Å². The molecule has 0 saturated heterocycles. The Morgan fingerprint density at radius 2 is 1.77 bits per heavy atom. The maximum absolute atomic E-state index is 4.06. The number of rotatable bonds is 5. The molecule has 22 heavy (non-hydrogen) atoms. The monoisotopic (exact) mass is 524 g/mol. The zero-order valence-electron chi connectivity index (χ0n) is 14.1. The van der Waals surface area contributed by atoms with E-state index in [-0.39, 0.29) is 24.8 Å². The van der Waals surface area contributed by atoms with E-state index in [1.54, 1.807) is 3.33 Å². The molecule has 0 unspecified atom stereocenters. The Labute approximate surface area is 157 Å². The van der Waals surface area contributed by atoms with Gasteiger partial charge >= 0.3 is 133 Å². The number of halogens is 2. The van der Waals surface area contributed by atoms with Gasteiger partial charge in [0.2, 0.25) is 0 Å². The van der Waals surface area contributed by atoms with Crippen LogP contribution >= 0.6 is 24.8 Å². The first-order valence-corrected chi connectivity index (χ1v) is 20.3. The summed E-state index contributed by atoms with van der Waals surface area (Å²) < 4.78 is 5.85. The minimum Gasteiger partial charge on any atom is -0.147 e. The summed E-state index contributed by atoms with van der Waals surface area (Å²) in [5, 5.41) is 0. The van der Waals surface area contributed by atoms with E-state index in [0.29, 0.717) is 5.92 Å². The minimum atomic E-state index is -1.83. The van der Waals surface area contributed by atoms with Gasteiger partial charge in [0.25, 0.3) is 0 Å². The van der Waals surface area contributed by atoms with E-state index in [1.165, 1.54) is 23.2 Å². The predicted molar refractivity (Wildman–Crippen MR) is 104 cm³/mol. The Kier molecular flexibility index (Phi) is 10.2.